The standard InChI is InChI=1S/C20H19Br2NO5/c1-9-2-4-10(5-3-9)13(24)8-28-14(25)7-23-19(26)15-11-6-12(16(15)20(23)27)18(22)17(11)21/h2-5,11-12,15-18H,6-8H2,1H3/t11-,12+,15-,16+,17-,18+. The van der Waals surface area contributed by atoms with E-state index in [-0.39, 0.29) is 50.9 Å². The minimum absolute atomic E-state index is 0.0972. The second-order valence-electron chi connectivity index (χ2n) is 7.72. The first-order valence-corrected chi connectivity index (χ1v) is 11.0. The van der Waals surface area contributed by atoms with Gasteiger partial charge in [0.25, 0.3) is 0 Å². The lowest BCUT2D eigenvalue weighted by atomic mass is 9.81. The Morgan fingerprint density at radius 2 is 1.57 bits per heavy atom. The highest BCUT2D eigenvalue weighted by molar-refractivity contribution is 9.12. The van der Waals surface area contributed by atoms with Crippen molar-refractivity contribution in [1.82, 2.24) is 4.90 Å². The van der Waals surface area contributed by atoms with E-state index in [4.69, 9.17) is 4.74 Å². The first-order valence-electron chi connectivity index (χ1n) is 9.18. The van der Waals surface area contributed by atoms with Crippen LogP contribution in [-0.2, 0) is 19.1 Å². The Labute approximate surface area is 179 Å². The van der Waals surface area contributed by atoms with Crippen molar-refractivity contribution in [2.24, 2.45) is 23.7 Å². The van der Waals surface area contributed by atoms with Crippen molar-refractivity contribution in [1.29, 1.82) is 0 Å². The number of esters is 1. The van der Waals surface area contributed by atoms with Crippen LogP contribution in [0.2, 0.25) is 0 Å². The number of fused-ring (bicyclic) bond motifs is 5. The molecule has 2 saturated carbocycles. The molecule has 8 heteroatoms. The van der Waals surface area contributed by atoms with Crippen LogP contribution in [0, 0.1) is 30.6 Å². The van der Waals surface area contributed by atoms with Crippen LogP contribution in [0.15, 0.2) is 24.3 Å². The van der Waals surface area contributed by atoms with E-state index < -0.39 is 19.1 Å². The van der Waals surface area contributed by atoms with E-state index in [1.165, 1.54) is 0 Å². The van der Waals surface area contributed by atoms with Crippen molar-refractivity contribution in [3.05, 3.63) is 35.4 Å². The summed E-state index contributed by atoms with van der Waals surface area (Å²) in [4.78, 5) is 51.1. The van der Waals surface area contributed by atoms with E-state index in [1.54, 1.807) is 24.3 Å². The predicted octanol–water partition coefficient (Wildman–Crippen LogP) is 2.50. The molecule has 0 aromatic heterocycles. The van der Waals surface area contributed by atoms with Gasteiger partial charge in [-0.2, -0.15) is 0 Å². The third-order valence-electron chi connectivity index (χ3n) is 6.10. The van der Waals surface area contributed by atoms with E-state index >= 15 is 0 Å². The van der Waals surface area contributed by atoms with Crippen molar-refractivity contribution < 1.29 is 23.9 Å². The van der Waals surface area contributed by atoms with Gasteiger partial charge in [0.05, 0.1) is 11.8 Å². The van der Waals surface area contributed by atoms with Crippen LogP contribution >= 0.6 is 31.9 Å². The summed E-state index contributed by atoms with van der Waals surface area (Å²) < 4.78 is 5.03. The molecule has 0 unspecified atom stereocenters. The molecule has 1 aromatic rings. The first-order chi connectivity index (χ1) is 13.3. The van der Waals surface area contributed by atoms with Crippen LogP contribution in [-0.4, -0.2) is 51.3 Å². The molecule has 148 valence electrons. The molecule has 0 radical (unpaired) electrons. The average Bonchev–Trinajstić information content (AvgIpc) is 3.27. The van der Waals surface area contributed by atoms with Gasteiger partial charge in [-0.1, -0.05) is 61.7 Å². The van der Waals surface area contributed by atoms with Gasteiger partial charge in [-0.15, -0.1) is 0 Å². The normalized spacial score (nSPS) is 33.3. The maximum Gasteiger partial charge on any atom is 0.326 e. The molecule has 0 spiro atoms. The molecule has 1 saturated heterocycles. The van der Waals surface area contributed by atoms with Gasteiger partial charge in [0.2, 0.25) is 11.8 Å². The number of amides is 2. The van der Waals surface area contributed by atoms with E-state index in [2.05, 4.69) is 31.9 Å². The largest absolute Gasteiger partial charge is 0.456 e. The number of carbonyl (C=O) groups is 4. The fourth-order valence-corrected chi connectivity index (χ4v) is 6.58. The Bertz CT molecular complexity index is 823. The summed E-state index contributed by atoms with van der Waals surface area (Å²) in [6.45, 7) is 1.06. The summed E-state index contributed by atoms with van der Waals surface area (Å²) in [5.41, 5.74) is 1.47. The van der Waals surface area contributed by atoms with Crippen LogP contribution in [0.5, 0.6) is 0 Å². The molecule has 6 nitrogen and oxygen atoms in total. The average molecular weight is 513 g/mol. The summed E-state index contributed by atoms with van der Waals surface area (Å²) in [6.07, 6.45) is 0.835. The van der Waals surface area contributed by atoms with Gasteiger partial charge >= 0.3 is 5.97 Å². The highest BCUT2D eigenvalue weighted by Crippen LogP contribution is 2.60. The second kappa shape index (κ2) is 7.37. The molecule has 3 fully saturated rings. The number of alkyl halides is 2. The van der Waals surface area contributed by atoms with Crippen LogP contribution in [0.1, 0.15) is 22.3 Å². The van der Waals surface area contributed by atoms with E-state index in [1.807, 2.05) is 6.92 Å². The molecule has 28 heavy (non-hydrogen) atoms. The van der Waals surface area contributed by atoms with E-state index in [9.17, 15) is 19.2 Å². The number of aryl methyl sites for hydroxylation is 1. The fourth-order valence-electron chi connectivity index (χ4n) is 4.71. The second-order valence-corrected chi connectivity index (χ2v) is 9.83. The van der Waals surface area contributed by atoms with Crippen molar-refractivity contribution in [3.63, 3.8) is 0 Å². The molecular formula is C20H19Br2NO5. The Morgan fingerprint density at radius 3 is 2.11 bits per heavy atom. The maximum absolute atomic E-state index is 12.8. The van der Waals surface area contributed by atoms with Crippen LogP contribution < -0.4 is 0 Å². The summed E-state index contributed by atoms with van der Waals surface area (Å²) in [7, 11) is 0. The highest BCUT2D eigenvalue weighted by atomic mass is 79.9. The third kappa shape index (κ3) is 3.14. The molecular weight excluding hydrogens is 494 g/mol. The zero-order valence-corrected chi connectivity index (χ0v) is 18.3. The van der Waals surface area contributed by atoms with Crippen molar-refractivity contribution in [2.45, 2.75) is 23.0 Å². The predicted molar refractivity (Wildman–Crippen MR) is 107 cm³/mol. The smallest absolute Gasteiger partial charge is 0.326 e. The molecule has 1 aliphatic heterocycles. The number of nitrogens with zero attached hydrogens (tertiary/aromatic N) is 1. The van der Waals surface area contributed by atoms with Gasteiger partial charge < -0.3 is 4.74 Å². The molecule has 3 aliphatic rings. The number of carbonyl (C=O) groups excluding carboxylic acids is 4. The molecule has 4 rings (SSSR count). The van der Waals surface area contributed by atoms with Gasteiger partial charge in [-0.05, 0) is 25.2 Å². The summed E-state index contributed by atoms with van der Waals surface area (Å²) in [6, 6.07) is 6.95. The number of hydrogen-bond donors (Lipinski definition) is 0. The minimum Gasteiger partial charge on any atom is -0.456 e. The SMILES string of the molecule is Cc1ccc(C(=O)COC(=O)CN2C(=O)[C@@H]3[C@H]4C[C@H]([C@H](Br)[C@@H]4Br)[C@@H]3C2=O)cc1. The van der Waals surface area contributed by atoms with Gasteiger partial charge in [0.15, 0.2) is 12.4 Å². The van der Waals surface area contributed by atoms with E-state index in [0.717, 1.165) is 16.9 Å². The quantitative estimate of drug-likeness (QED) is 0.262. The van der Waals surface area contributed by atoms with Crippen LogP contribution in [0.25, 0.3) is 0 Å². The number of benzene rings is 1. The lowest BCUT2D eigenvalue weighted by molar-refractivity contribution is -0.152. The van der Waals surface area contributed by atoms with Crippen molar-refractivity contribution in [2.75, 3.05) is 13.2 Å². The third-order valence-corrected chi connectivity index (χ3v) is 9.31. The molecule has 2 bridgehead atoms. The number of likely N-dealkylation sites (tertiary alicyclic amines) is 1. The van der Waals surface area contributed by atoms with Gasteiger partial charge in [-0.3, -0.25) is 24.1 Å². The molecule has 1 heterocycles. The number of ether oxygens (including phenoxy) is 1. The van der Waals surface area contributed by atoms with E-state index in [0.29, 0.717) is 5.56 Å². The van der Waals surface area contributed by atoms with Crippen molar-refractivity contribution >= 4 is 55.4 Å². The molecule has 2 amide bonds. The Morgan fingerprint density at radius 1 is 1.04 bits per heavy atom. The Balaban J connectivity index is 1.36. The van der Waals surface area contributed by atoms with Crippen LogP contribution in [0.3, 0.4) is 0 Å². The number of rotatable bonds is 5. The number of hydrogen-bond acceptors (Lipinski definition) is 5. The molecule has 1 aromatic carbocycles. The maximum atomic E-state index is 12.8. The Hall–Kier alpha value is -1.54. The van der Waals surface area contributed by atoms with Gasteiger partial charge in [0.1, 0.15) is 6.54 Å². The number of ketones is 1. The van der Waals surface area contributed by atoms with Crippen LogP contribution in [0.4, 0.5) is 0 Å². The summed E-state index contributed by atoms with van der Waals surface area (Å²) in [5, 5.41) is 0. The van der Waals surface area contributed by atoms with Gasteiger partial charge in [0, 0.05) is 15.2 Å². The van der Waals surface area contributed by atoms with Crippen molar-refractivity contribution in [3.8, 4) is 0 Å². The number of Topliss-reactive ketones (excluding diaryl/α,β-unsaturated/α-hetero) is 1. The summed E-state index contributed by atoms with van der Waals surface area (Å²) in [5.74, 6) is -2.21. The zero-order valence-electron chi connectivity index (χ0n) is 15.1. The lowest BCUT2D eigenvalue weighted by Gasteiger charge is -2.28. The lowest BCUT2D eigenvalue weighted by Crippen LogP contribution is -2.38. The van der Waals surface area contributed by atoms with Gasteiger partial charge in [-0.25, -0.2) is 0 Å². The summed E-state index contributed by atoms with van der Waals surface area (Å²) >= 11 is 7.25. The monoisotopic (exact) mass is 511 g/mol. The fraction of sp³-hybridized carbons (Fsp3) is 0.500. The topological polar surface area (TPSA) is 80.8 Å². The first kappa shape index (κ1) is 19.8. The number of imide groups is 1. The zero-order chi connectivity index (χ0) is 20.2. The molecule has 0 N–H and O–H groups in total. The molecule has 6 atom stereocenters. The minimum atomic E-state index is -0.750. The number of halogens is 2. The Kier molecular flexibility index (Phi) is 5.20. The highest BCUT2D eigenvalue weighted by Gasteiger charge is 2.66. The molecule has 2 aliphatic carbocycles.